The van der Waals surface area contributed by atoms with Crippen LogP contribution in [0.3, 0.4) is 0 Å². The highest BCUT2D eigenvalue weighted by Crippen LogP contribution is 2.39. The van der Waals surface area contributed by atoms with Crippen molar-refractivity contribution in [2.24, 2.45) is 11.7 Å². The molecular weight excluding hydrogens is 332 g/mol. The van der Waals surface area contributed by atoms with E-state index >= 15 is 0 Å². The average Bonchev–Trinajstić information content (AvgIpc) is 2.65. The Hall–Kier alpha value is 0.390. The first-order valence-corrected chi connectivity index (χ1v) is 8.42. The molecule has 5 heteroatoms. The number of likely N-dealkylation sites (tertiary alicyclic amines) is 1. The third-order valence-electron chi connectivity index (χ3n) is 3.78. The maximum atomic E-state index is 6.15. The number of nitrogens with zero attached hydrogens (tertiary/aromatic N) is 1. The van der Waals surface area contributed by atoms with Crippen LogP contribution in [-0.4, -0.2) is 24.0 Å². The molecule has 0 aliphatic carbocycles. The Morgan fingerprint density at radius 1 is 1.56 bits per heavy atom. The van der Waals surface area contributed by atoms with E-state index in [1.807, 2.05) is 0 Å². The van der Waals surface area contributed by atoms with Crippen molar-refractivity contribution in [3.05, 3.63) is 19.8 Å². The van der Waals surface area contributed by atoms with Crippen molar-refractivity contribution in [1.82, 2.24) is 4.90 Å². The highest BCUT2D eigenvalue weighted by Gasteiger charge is 2.30. The second-order valence-electron chi connectivity index (χ2n) is 5.25. The highest BCUT2D eigenvalue weighted by atomic mass is 79.9. The number of halogens is 2. The molecular formula is C13H20BrClN2S. The number of piperidine rings is 1. The van der Waals surface area contributed by atoms with Gasteiger partial charge in [-0.15, -0.1) is 11.3 Å². The number of rotatable bonds is 3. The fourth-order valence-corrected chi connectivity index (χ4v) is 4.57. The number of hydrogen-bond acceptors (Lipinski definition) is 3. The summed E-state index contributed by atoms with van der Waals surface area (Å²) in [5, 5.41) is 0. The van der Waals surface area contributed by atoms with Gasteiger partial charge in [0.15, 0.2) is 0 Å². The third-order valence-corrected chi connectivity index (χ3v) is 6.36. The fourth-order valence-electron chi connectivity index (χ4n) is 2.70. The summed E-state index contributed by atoms with van der Waals surface area (Å²) in [6, 6.07) is 3.03. The Balaban J connectivity index is 2.21. The van der Waals surface area contributed by atoms with Crippen molar-refractivity contribution in [2.45, 2.75) is 38.8 Å². The zero-order valence-corrected chi connectivity index (χ0v) is 14.0. The van der Waals surface area contributed by atoms with Crippen LogP contribution in [0.5, 0.6) is 0 Å². The molecule has 1 aliphatic rings. The summed E-state index contributed by atoms with van der Waals surface area (Å²) in [6.07, 6.45) is 2.59. The largest absolute Gasteiger partial charge is 0.329 e. The molecule has 2 heterocycles. The zero-order chi connectivity index (χ0) is 13.3. The molecule has 0 radical (unpaired) electrons. The van der Waals surface area contributed by atoms with Gasteiger partial charge in [-0.25, -0.2) is 0 Å². The van der Waals surface area contributed by atoms with Gasteiger partial charge < -0.3 is 5.73 Å². The topological polar surface area (TPSA) is 29.3 Å². The smallest absolute Gasteiger partial charge is 0.107 e. The lowest BCUT2D eigenvalue weighted by molar-refractivity contribution is 0.0814. The Morgan fingerprint density at radius 3 is 2.83 bits per heavy atom. The lowest BCUT2D eigenvalue weighted by atomic mass is 9.93. The SMILES string of the molecule is CC1CCC(C)N(C(CN)c2cc(Br)c(Cl)s2)C1. The van der Waals surface area contributed by atoms with E-state index in [0.29, 0.717) is 18.6 Å². The van der Waals surface area contributed by atoms with E-state index in [1.54, 1.807) is 11.3 Å². The summed E-state index contributed by atoms with van der Waals surface area (Å²) in [6.45, 7) is 6.42. The molecule has 18 heavy (non-hydrogen) atoms. The molecule has 0 aromatic carbocycles. The molecule has 0 bridgehead atoms. The molecule has 1 aromatic rings. The summed E-state index contributed by atoms with van der Waals surface area (Å²) >= 11 is 11.3. The first-order chi connectivity index (χ1) is 8.52. The summed E-state index contributed by atoms with van der Waals surface area (Å²) in [5.74, 6) is 0.758. The van der Waals surface area contributed by atoms with Gasteiger partial charge in [0, 0.05) is 28.5 Å². The Kier molecular flexibility index (Phi) is 5.12. The minimum Gasteiger partial charge on any atom is -0.329 e. The Morgan fingerprint density at radius 2 is 2.28 bits per heavy atom. The van der Waals surface area contributed by atoms with Gasteiger partial charge in [-0.3, -0.25) is 4.90 Å². The average molecular weight is 352 g/mol. The van der Waals surface area contributed by atoms with Gasteiger partial charge in [0.05, 0.1) is 6.04 Å². The number of thiophene rings is 1. The van der Waals surface area contributed by atoms with Crippen molar-refractivity contribution < 1.29 is 0 Å². The van der Waals surface area contributed by atoms with Crippen LogP contribution >= 0.6 is 38.9 Å². The fraction of sp³-hybridized carbons (Fsp3) is 0.692. The van der Waals surface area contributed by atoms with E-state index in [2.05, 4.69) is 40.7 Å². The molecule has 1 fully saturated rings. The maximum Gasteiger partial charge on any atom is 0.107 e. The van der Waals surface area contributed by atoms with Crippen LogP contribution in [0.2, 0.25) is 4.34 Å². The van der Waals surface area contributed by atoms with Crippen LogP contribution < -0.4 is 5.73 Å². The molecule has 2 N–H and O–H groups in total. The second-order valence-corrected chi connectivity index (χ2v) is 7.79. The predicted octanol–water partition coefficient (Wildman–Crippen LogP) is 4.28. The minimum absolute atomic E-state index is 0.302. The Bertz CT molecular complexity index is 390. The summed E-state index contributed by atoms with van der Waals surface area (Å²) in [5.41, 5.74) is 6.01. The van der Waals surface area contributed by atoms with E-state index in [1.165, 1.54) is 17.7 Å². The molecule has 0 spiro atoms. The van der Waals surface area contributed by atoms with Gasteiger partial charge in [0.1, 0.15) is 4.34 Å². The molecule has 1 saturated heterocycles. The summed E-state index contributed by atoms with van der Waals surface area (Å²) in [7, 11) is 0. The molecule has 3 unspecified atom stereocenters. The zero-order valence-electron chi connectivity index (χ0n) is 10.8. The molecule has 1 aliphatic heterocycles. The molecule has 3 atom stereocenters. The van der Waals surface area contributed by atoms with E-state index < -0.39 is 0 Å². The third kappa shape index (κ3) is 3.10. The van der Waals surface area contributed by atoms with Crippen molar-refractivity contribution in [3.8, 4) is 0 Å². The van der Waals surface area contributed by atoms with Crippen LogP contribution in [0.1, 0.15) is 37.6 Å². The van der Waals surface area contributed by atoms with E-state index in [-0.39, 0.29) is 0 Å². The van der Waals surface area contributed by atoms with Gasteiger partial charge in [0.25, 0.3) is 0 Å². The van der Waals surface area contributed by atoms with E-state index in [4.69, 9.17) is 17.3 Å². The van der Waals surface area contributed by atoms with Crippen molar-refractivity contribution in [2.75, 3.05) is 13.1 Å². The maximum absolute atomic E-state index is 6.15. The van der Waals surface area contributed by atoms with Crippen molar-refractivity contribution >= 4 is 38.9 Å². The first-order valence-electron chi connectivity index (χ1n) is 6.43. The standard InChI is InChI=1S/C13H20BrClN2S/c1-8-3-4-9(2)17(7-8)11(6-16)12-5-10(14)13(15)18-12/h5,8-9,11H,3-4,6-7,16H2,1-2H3. The number of hydrogen-bond donors (Lipinski definition) is 1. The van der Waals surface area contributed by atoms with Crippen molar-refractivity contribution in [3.63, 3.8) is 0 Å². The molecule has 2 rings (SSSR count). The van der Waals surface area contributed by atoms with Gasteiger partial charge in [0.2, 0.25) is 0 Å². The lowest BCUT2D eigenvalue weighted by Crippen LogP contribution is -2.45. The normalized spacial score (nSPS) is 27.4. The monoisotopic (exact) mass is 350 g/mol. The van der Waals surface area contributed by atoms with Crippen molar-refractivity contribution in [1.29, 1.82) is 0 Å². The highest BCUT2D eigenvalue weighted by molar-refractivity contribution is 9.10. The van der Waals surface area contributed by atoms with Crippen LogP contribution in [0.15, 0.2) is 10.5 Å². The molecule has 0 amide bonds. The van der Waals surface area contributed by atoms with Gasteiger partial charge >= 0.3 is 0 Å². The quantitative estimate of drug-likeness (QED) is 0.880. The minimum atomic E-state index is 0.302. The second kappa shape index (κ2) is 6.23. The first kappa shape index (κ1) is 14.8. The summed E-state index contributed by atoms with van der Waals surface area (Å²) < 4.78 is 1.81. The van der Waals surface area contributed by atoms with Crippen LogP contribution in [-0.2, 0) is 0 Å². The van der Waals surface area contributed by atoms with Crippen LogP contribution in [0.25, 0.3) is 0 Å². The van der Waals surface area contributed by atoms with Crippen LogP contribution in [0.4, 0.5) is 0 Å². The van der Waals surface area contributed by atoms with Gasteiger partial charge in [-0.2, -0.15) is 0 Å². The lowest BCUT2D eigenvalue weighted by Gasteiger charge is -2.41. The van der Waals surface area contributed by atoms with Gasteiger partial charge in [-0.05, 0) is 47.7 Å². The predicted molar refractivity (Wildman–Crippen MR) is 83.4 cm³/mol. The molecule has 2 nitrogen and oxygen atoms in total. The summed E-state index contributed by atoms with van der Waals surface area (Å²) in [4.78, 5) is 3.82. The number of nitrogens with two attached hydrogens (primary N) is 1. The molecule has 1 aromatic heterocycles. The van der Waals surface area contributed by atoms with E-state index in [0.717, 1.165) is 21.3 Å². The van der Waals surface area contributed by atoms with Crippen LogP contribution in [0, 0.1) is 5.92 Å². The Labute approximate surface area is 127 Å². The van der Waals surface area contributed by atoms with Gasteiger partial charge in [-0.1, -0.05) is 18.5 Å². The molecule has 0 saturated carbocycles. The molecule has 102 valence electrons. The van der Waals surface area contributed by atoms with E-state index in [9.17, 15) is 0 Å².